The van der Waals surface area contributed by atoms with Crippen molar-refractivity contribution < 1.29 is 14.3 Å². The molecule has 1 aliphatic rings. The standard InChI is InChI=1S/C15H11N3O3/c16-7-9-1-3-10(4-2-9)21-13-6-12-14(5-11(13)17)20-8-15(19)18-12/h1-6H,8,17H2,(H,18,19). The fourth-order valence-electron chi connectivity index (χ4n) is 1.94. The Hall–Kier alpha value is -3.20. The Morgan fingerprint density at radius 3 is 2.76 bits per heavy atom. The van der Waals surface area contributed by atoms with Crippen molar-refractivity contribution in [2.45, 2.75) is 0 Å². The maximum absolute atomic E-state index is 11.3. The predicted molar refractivity (Wildman–Crippen MR) is 76.2 cm³/mol. The molecule has 0 saturated heterocycles. The summed E-state index contributed by atoms with van der Waals surface area (Å²) in [7, 11) is 0. The first-order valence-corrected chi connectivity index (χ1v) is 6.20. The van der Waals surface area contributed by atoms with Crippen LogP contribution in [0.25, 0.3) is 0 Å². The fourth-order valence-corrected chi connectivity index (χ4v) is 1.94. The average Bonchev–Trinajstić information content (AvgIpc) is 2.49. The van der Waals surface area contributed by atoms with Crippen LogP contribution in [0.2, 0.25) is 0 Å². The number of nitrogens with two attached hydrogens (primary N) is 1. The molecule has 3 N–H and O–H groups in total. The van der Waals surface area contributed by atoms with Gasteiger partial charge in [0, 0.05) is 12.1 Å². The van der Waals surface area contributed by atoms with Gasteiger partial charge in [-0.15, -0.1) is 0 Å². The van der Waals surface area contributed by atoms with Gasteiger partial charge < -0.3 is 20.5 Å². The van der Waals surface area contributed by atoms with Crippen LogP contribution in [-0.4, -0.2) is 12.5 Å². The van der Waals surface area contributed by atoms with Gasteiger partial charge in [-0.25, -0.2) is 0 Å². The first kappa shape index (κ1) is 12.8. The summed E-state index contributed by atoms with van der Waals surface area (Å²) in [6, 6.07) is 11.9. The highest BCUT2D eigenvalue weighted by molar-refractivity contribution is 5.96. The summed E-state index contributed by atoms with van der Waals surface area (Å²) in [5.74, 6) is 1.24. The van der Waals surface area contributed by atoms with Crippen LogP contribution >= 0.6 is 0 Å². The molecule has 0 spiro atoms. The van der Waals surface area contributed by atoms with E-state index in [0.29, 0.717) is 34.2 Å². The van der Waals surface area contributed by atoms with E-state index < -0.39 is 0 Å². The van der Waals surface area contributed by atoms with Crippen molar-refractivity contribution in [2.24, 2.45) is 0 Å². The first-order chi connectivity index (χ1) is 10.2. The van der Waals surface area contributed by atoms with Crippen molar-refractivity contribution in [3.63, 3.8) is 0 Å². The molecule has 0 saturated carbocycles. The van der Waals surface area contributed by atoms with Crippen LogP contribution in [0.4, 0.5) is 11.4 Å². The number of carbonyl (C=O) groups excluding carboxylic acids is 1. The highest BCUT2D eigenvalue weighted by Gasteiger charge is 2.18. The van der Waals surface area contributed by atoms with Crippen molar-refractivity contribution in [1.82, 2.24) is 0 Å². The van der Waals surface area contributed by atoms with Gasteiger partial charge in [0.05, 0.1) is 23.0 Å². The molecular weight excluding hydrogens is 270 g/mol. The number of hydrogen-bond donors (Lipinski definition) is 2. The van der Waals surface area contributed by atoms with E-state index in [2.05, 4.69) is 5.32 Å². The number of hydrogen-bond acceptors (Lipinski definition) is 5. The molecule has 2 aromatic rings. The quantitative estimate of drug-likeness (QED) is 0.823. The van der Waals surface area contributed by atoms with Gasteiger partial charge >= 0.3 is 0 Å². The van der Waals surface area contributed by atoms with Crippen LogP contribution in [0.15, 0.2) is 36.4 Å². The van der Waals surface area contributed by atoms with Gasteiger partial charge in [0.25, 0.3) is 5.91 Å². The molecule has 6 heteroatoms. The van der Waals surface area contributed by atoms with E-state index in [1.807, 2.05) is 6.07 Å². The summed E-state index contributed by atoms with van der Waals surface area (Å²) in [6.45, 7) is -0.0255. The largest absolute Gasteiger partial charge is 0.481 e. The number of amides is 1. The third kappa shape index (κ3) is 2.58. The predicted octanol–water partition coefficient (Wildman–Crippen LogP) is 2.26. The topological polar surface area (TPSA) is 97.4 Å². The van der Waals surface area contributed by atoms with Gasteiger partial charge in [0.1, 0.15) is 11.5 Å². The van der Waals surface area contributed by atoms with E-state index in [9.17, 15) is 4.79 Å². The molecule has 1 aliphatic heterocycles. The summed E-state index contributed by atoms with van der Waals surface area (Å²) in [5, 5.41) is 11.4. The molecule has 0 unspecified atom stereocenters. The zero-order valence-electron chi connectivity index (χ0n) is 10.9. The van der Waals surface area contributed by atoms with Crippen LogP contribution < -0.4 is 20.5 Å². The Morgan fingerprint density at radius 1 is 1.29 bits per heavy atom. The highest BCUT2D eigenvalue weighted by atomic mass is 16.5. The Kier molecular flexibility index (Phi) is 3.09. The van der Waals surface area contributed by atoms with Gasteiger partial charge in [0.15, 0.2) is 12.4 Å². The number of nitrogen functional groups attached to an aromatic ring is 1. The van der Waals surface area contributed by atoms with Gasteiger partial charge in [-0.05, 0) is 24.3 Å². The zero-order chi connectivity index (χ0) is 14.8. The molecular formula is C15H11N3O3. The van der Waals surface area contributed by atoms with E-state index in [-0.39, 0.29) is 12.5 Å². The monoisotopic (exact) mass is 281 g/mol. The van der Waals surface area contributed by atoms with Gasteiger partial charge in [-0.2, -0.15) is 5.26 Å². The molecule has 3 rings (SSSR count). The van der Waals surface area contributed by atoms with Gasteiger partial charge in [-0.3, -0.25) is 4.79 Å². The van der Waals surface area contributed by atoms with E-state index >= 15 is 0 Å². The Balaban J connectivity index is 1.89. The number of ether oxygens (including phenoxy) is 2. The first-order valence-electron chi connectivity index (χ1n) is 6.20. The fraction of sp³-hybridized carbons (Fsp3) is 0.0667. The number of nitrogens with zero attached hydrogens (tertiary/aromatic N) is 1. The molecule has 21 heavy (non-hydrogen) atoms. The number of fused-ring (bicyclic) bond motifs is 1. The minimum Gasteiger partial charge on any atom is -0.481 e. The molecule has 0 aromatic heterocycles. The second kappa shape index (κ2) is 5.06. The van der Waals surface area contributed by atoms with Crippen molar-refractivity contribution >= 4 is 17.3 Å². The van der Waals surface area contributed by atoms with Crippen molar-refractivity contribution in [1.29, 1.82) is 5.26 Å². The van der Waals surface area contributed by atoms with Crippen molar-refractivity contribution in [3.8, 4) is 23.3 Å². The second-order valence-corrected chi connectivity index (χ2v) is 4.46. The SMILES string of the molecule is N#Cc1ccc(Oc2cc3c(cc2N)OCC(=O)N3)cc1. The van der Waals surface area contributed by atoms with Gasteiger partial charge in [-0.1, -0.05) is 0 Å². The number of carbonyl (C=O) groups is 1. The molecule has 0 bridgehead atoms. The van der Waals surface area contributed by atoms with E-state index in [1.165, 1.54) is 0 Å². The van der Waals surface area contributed by atoms with Gasteiger partial charge in [0.2, 0.25) is 0 Å². The van der Waals surface area contributed by atoms with E-state index in [0.717, 1.165) is 0 Å². The van der Waals surface area contributed by atoms with Crippen LogP contribution in [0.5, 0.6) is 17.2 Å². The molecule has 0 fully saturated rings. The van der Waals surface area contributed by atoms with Crippen molar-refractivity contribution in [2.75, 3.05) is 17.7 Å². The molecule has 2 aromatic carbocycles. The Bertz CT molecular complexity index is 748. The molecule has 1 heterocycles. The third-order valence-electron chi connectivity index (χ3n) is 2.96. The lowest BCUT2D eigenvalue weighted by Crippen LogP contribution is -2.25. The Labute approximate surface area is 120 Å². The normalized spacial score (nSPS) is 12.6. The van der Waals surface area contributed by atoms with E-state index in [4.69, 9.17) is 20.5 Å². The third-order valence-corrected chi connectivity index (χ3v) is 2.96. The lowest BCUT2D eigenvalue weighted by molar-refractivity contribution is -0.118. The minimum atomic E-state index is -0.225. The number of rotatable bonds is 2. The number of anilines is 2. The zero-order valence-corrected chi connectivity index (χ0v) is 10.9. The summed E-state index contributed by atoms with van der Waals surface area (Å²) >= 11 is 0. The molecule has 6 nitrogen and oxygen atoms in total. The maximum Gasteiger partial charge on any atom is 0.262 e. The maximum atomic E-state index is 11.3. The summed E-state index contributed by atoms with van der Waals surface area (Å²) in [6.07, 6.45) is 0. The number of nitriles is 1. The minimum absolute atomic E-state index is 0.0255. The summed E-state index contributed by atoms with van der Waals surface area (Å²) in [5.41, 5.74) is 7.37. The molecule has 0 radical (unpaired) electrons. The lowest BCUT2D eigenvalue weighted by Gasteiger charge is -2.19. The number of benzene rings is 2. The Morgan fingerprint density at radius 2 is 2.05 bits per heavy atom. The molecule has 1 amide bonds. The molecule has 104 valence electrons. The smallest absolute Gasteiger partial charge is 0.262 e. The summed E-state index contributed by atoms with van der Waals surface area (Å²) in [4.78, 5) is 11.3. The second-order valence-electron chi connectivity index (χ2n) is 4.46. The summed E-state index contributed by atoms with van der Waals surface area (Å²) < 4.78 is 10.9. The van der Waals surface area contributed by atoms with Crippen LogP contribution in [0, 0.1) is 11.3 Å². The highest BCUT2D eigenvalue weighted by Crippen LogP contribution is 2.38. The lowest BCUT2D eigenvalue weighted by atomic mass is 10.2. The van der Waals surface area contributed by atoms with Crippen LogP contribution in [0.3, 0.4) is 0 Å². The van der Waals surface area contributed by atoms with E-state index in [1.54, 1.807) is 36.4 Å². The van der Waals surface area contributed by atoms with Crippen LogP contribution in [-0.2, 0) is 4.79 Å². The van der Waals surface area contributed by atoms with Crippen LogP contribution in [0.1, 0.15) is 5.56 Å². The van der Waals surface area contributed by atoms with Crippen molar-refractivity contribution in [3.05, 3.63) is 42.0 Å². The molecule has 0 aliphatic carbocycles. The average molecular weight is 281 g/mol. The number of nitrogens with one attached hydrogen (secondary N) is 1. The molecule has 0 atom stereocenters.